The molecule has 0 radical (unpaired) electrons. The Kier molecular flexibility index (Phi) is 7.85. The number of carbonyl (C=O) groups is 1. The highest BCUT2D eigenvalue weighted by molar-refractivity contribution is 5.91. The van der Waals surface area contributed by atoms with Crippen LogP contribution < -0.4 is 15.5 Å². The van der Waals surface area contributed by atoms with E-state index >= 15 is 0 Å². The first-order valence-corrected chi connectivity index (χ1v) is 10.9. The van der Waals surface area contributed by atoms with E-state index < -0.39 is 0 Å². The second kappa shape index (κ2) is 10.8. The van der Waals surface area contributed by atoms with E-state index in [-0.39, 0.29) is 5.91 Å². The van der Waals surface area contributed by atoms with Gasteiger partial charge >= 0.3 is 0 Å². The summed E-state index contributed by atoms with van der Waals surface area (Å²) >= 11 is 0. The van der Waals surface area contributed by atoms with E-state index in [0.29, 0.717) is 12.3 Å². The number of anilines is 3. The van der Waals surface area contributed by atoms with Crippen molar-refractivity contribution in [2.24, 2.45) is 5.92 Å². The van der Waals surface area contributed by atoms with Crippen LogP contribution in [-0.2, 0) is 11.2 Å². The Morgan fingerprint density at radius 3 is 2.93 bits per heavy atom. The van der Waals surface area contributed by atoms with Gasteiger partial charge < -0.3 is 15.5 Å². The number of para-hydroxylation sites is 1. The summed E-state index contributed by atoms with van der Waals surface area (Å²) in [5.41, 5.74) is 2.12. The fraction of sp³-hybridized carbons (Fsp3) is 0.522. The van der Waals surface area contributed by atoms with Gasteiger partial charge in [-0.1, -0.05) is 32.0 Å². The molecule has 3 rings (SSSR count). The molecule has 1 aromatic carbocycles. The molecular formula is C23H33N5O. The second-order valence-electron chi connectivity index (χ2n) is 7.74. The van der Waals surface area contributed by atoms with Crippen molar-refractivity contribution in [1.29, 1.82) is 0 Å². The van der Waals surface area contributed by atoms with Crippen molar-refractivity contribution in [3.05, 3.63) is 42.2 Å². The van der Waals surface area contributed by atoms with Crippen LogP contribution in [0.1, 0.15) is 51.5 Å². The van der Waals surface area contributed by atoms with Gasteiger partial charge in [-0.05, 0) is 49.7 Å². The molecule has 6 nitrogen and oxygen atoms in total. The largest absolute Gasteiger partial charge is 0.370 e. The van der Waals surface area contributed by atoms with Crippen molar-refractivity contribution in [2.75, 3.05) is 35.2 Å². The summed E-state index contributed by atoms with van der Waals surface area (Å²) in [7, 11) is 0. The number of amides is 1. The van der Waals surface area contributed by atoms with E-state index in [2.05, 4.69) is 45.4 Å². The predicted octanol–water partition coefficient (Wildman–Crippen LogP) is 4.50. The van der Waals surface area contributed by atoms with Crippen molar-refractivity contribution in [2.45, 2.75) is 52.4 Å². The predicted molar refractivity (Wildman–Crippen MR) is 119 cm³/mol. The highest BCUT2D eigenvalue weighted by Gasteiger charge is 2.22. The summed E-state index contributed by atoms with van der Waals surface area (Å²) in [5.74, 6) is 2.48. The molecule has 29 heavy (non-hydrogen) atoms. The molecule has 1 unspecified atom stereocenters. The normalized spacial score (nSPS) is 16.5. The fourth-order valence-electron chi connectivity index (χ4n) is 3.88. The monoisotopic (exact) mass is 395 g/mol. The molecule has 1 atom stereocenters. The summed E-state index contributed by atoms with van der Waals surface area (Å²) in [6.07, 6.45) is 7.38. The Bertz CT molecular complexity index is 794. The Morgan fingerprint density at radius 1 is 1.24 bits per heavy atom. The Balaban J connectivity index is 1.51. The smallest absolute Gasteiger partial charge is 0.224 e. The van der Waals surface area contributed by atoms with Crippen molar-refractivity contribution in [3.8, 4) is 0 Å². The average Bonchev–Trinajstić information content (AvgIpc) is 2.77. The maximum Gasteiger partial charge on any atom is 0.224 e. The van der Waals surface area contributed by atoms with Crippen LogP contribution in [0.25, 0.3) is 0 Å². The molecular weight excluding hydrogens is 362 g/mol. The van der Waals surface area contributed by atoms with Crippen LogP contribution in [0.3, 0.4) is 0 Å². The lowest BCUT2D eigenvalue weighted by atomic mass is 9.93. The summed E-state index contributed by atoms with van der Waals surface area (Å²) in [6.45, 7) is 7.12. The molecule has 0 bridgehead atoms. The van der Waals surface area contributed by atoms with Crippen LogP contribution in [0.2, 0.25) is 0 Å². The van der Waals surface area contributed by atoms with Crippen LogP contribution in [-0.4, -0.2) is 35.5 Å². The Morgan fingerprint density at radius 2 is 2.10 bits per heavy atom. The summed E-state index contributed by atoms with van der Waals surface area (Å²) in [6, 6.07) is 10.1. The van der Waals surface area contributed by atoms with Crippen molar-refractivity contribution in [1.82, 2.24) is 9.97 Å². The molecule has 2 heterocycles. The topological polar surface area (TPSA) is 70.2 Å². The van der Waals surface area contributed by atoms with Gasteiger partial charge in [-0.2, -0.15) is 0 Å². The Hall–Kier alpha value is -2.63. The molecule has 1 aromatic heterocycles. The van der Waals surface area contributed by atoms with Gasteiger partial charge in [0.25, 0.3) is 0 Å². The molecule has 2 aromatic rings. The molecule has 1 fully saturated rings. The van der Waals surface area contributed by atoms with Crippen LogP contribution in [0.4, 0.5) is 17.3 Å². The SMILES string of the molecule is CCCNc1cc(N2CCCC(CCC(=O)Nc3ccccc3CC)C2)ncn1. The van der Waals surface area contributed by atoms with Crippen LogP contribution in [0, 0.1) is 5.92 Å². The van der Waals surface area contributed by atoms with Crippen LogP contribution >= 0.6 is 0 Å². The number of rotatable bonds is 9. The minimum absolute atomic E-state index is 0.108. The van der Waals surface area contributed by atoms with Crippen LogP contribution in [0.5, 0.6) is 0 Å². The zero-order valence-electron chi connectivity index (χ0n) is 17.7. The van der Waals surface area contributed by atoms with Gasteiger partial charge in [0.1, 0.15) is 18.0 Å². The first kappa shape index (κ1) is 21.1. The lowest BCUT2D eigenvalue weighted by Gasteiger charge is -2.33. The first-order chi connectivity index (χ1) is 14.2. The molecule has 0 spiro atoms. The summed E-state index contributed by atoms with van der Waals surface area (Å²) in [4.78, 5) is 23.6. The van der Waals surface area contributed by atoms with Gasteiger partial charge in [0.05, 0.1) is 0 Å². The van der Waals surface area contributed by atoms with E-state index in [4.69, 9.17) is 0 Å². The standard InChI is InChI=1S/C23H33N5O/c1-3-13-24-21-15-22(26-17-25-21)28-14-7-8-18(16-28)11-12-23(29)27-20-10-6-5-9-19(20)4-2/h5-6,9-10,15,17-18H,3-4,7-8,11-14,16H2,1-2H3,(H,27,29)(H,24,25,26). The number of nitrogens with one attached hydrogen (secondary N) is 2. The van der Waals surface area contributed by atoms with E-state index in [0.717, 1.165) is 62.6 Å². The Labute approximate surface area is 174 Å². The molecule has 6 heteroatoms. The number of aromatic nitrogens is 2. The summed E-state index contributed by atoms with van der Waals surface area (Å²) < 4.78 is 0. The number of piperidine rings is 1. The van der Waals surface area contributed by atoms with Crippen LogP contribution in [0.15, 0.2) is 36.7 Å². The molecule has 1 aliphatic rings. The van der Waals surface area contributed by atoms with Gasteiger partial charge in [-0.15, -0.1) is 0 Å². The number of benzene rings is 1. The number of hydrogen-bond donors (Lipinski definition) is 2. The number of nitrogens with zero attached hydrogens (tertiary/aromatic N) is 3. The second-order valence-corrected chi connectivity index (χ2v) is 7.74. The van der Waals surface area contributed by atoms with E-state index in [9.17, 15) is 4.79 Å². The average molecular weight is 396 g/mol. The summed E-state index contributed by atoms with van der Waals surface area (Å²) in [5, 5.41) is 6.42. The van der Waals surface area contributed by atoms with Gasteiger partial charge in [0.15, 0.2) is 0 Å². The number of carbonyl (C=O) groups excluding carboxylic acids is 1. The maximum atomic E-state index is 12.5. The third kappa shape index (κ3) is 6.17. The first-order valence-electron chi connectivity index (χ1n) is 10.9. The third-order valence-electron chi connectivity index (χ3n) is 5.50. The fourth-order valence-corrected chi connectivity index (χ4v) is 3.88. The quantitative estimate of drug-likeness (QED) is 0.654. The highest BCUT2D eigenvalue weighted by atomic mass is 16.1. The lowest BCUT2D eigenvalue weighted by molar-refractivity contribution is -0.116. The molecule has 1 saturated heterocycles. The van der Waals surface area contributed by atoms with Gasteiger partial charge in [-0.25, -0.2) is 9.97 Å². The lowest BCUT2D eigenvalue weighted by Crippen LogP contribution is -2.36. The minimum Gasteiger partial charge on any atom is -0.370 e. The molecule has 0 saturated carbocycles. The van der Waals surface area contributed by atoms with Crippen molar-refractivity contribution < 1.29 is 4.79 Å². The number of hydrogen-bond acceptors (Lipinski definition) is 5. The van der Waals surface area contributed by atoms with E-state index in [1.54, 1.807) is 6.33 Å². The van der Waals surface area contributed by atoms with Gasteiger partial charge in [0.2, 0.25) is 5.91 Å². The maximum absolute atomic E-state index is 12.5. The molecule has 156 valence electrons. The van der Waals surface area contributed by atoms with Gasteiger partial charge in [0, 0.05) is 37.8 Å². The van der Waals surface area contributed by atoms with Crippen molar-refractivity contribution in [3.63, 3.8) is 0 Å². The molecule has 1 aliphatic heterocycles. The highest BCUT2D eigenvalue weighted by Crippen LogP contribution is 2.26. The van der Waals surface area contributed by atoms with E-state index in [1.165, 1.54) is 12.0 Å². The molecule has 1 amide bonds. The minimum atomic E-state index is 0.108. The zero-order valence-corrected chi connectivity index (χ0v) is 17.7. The van der Waals surface area contributed by atoms with Gasteiger partial charge in [-0.3, -0.25) is 4.79 Å². The van der Waals surface area contributed by atoms with Crippen molar-refractivity contribution >= 4 is 23.2 Å². The zero-order chi connectivity index (χ0) is 20.5. The molecule has 2 N–H and O–H groups in total. The third-order valence-corrected chi connectivity index (χ3v) is 5.50. The number of aryl methyl sites for hydroxylation is 1. The van der Waals surface area contributed by atoms with E-state index in [1.807, 2.05) is 24.3 Å². The molecule has 0 aliphatic carbocycles.